The lowest BCUT2D eigenvalue weighted by molar-refractivity contribution is -0.385. The third kappa shape index (κ3) is 4.61. The van der Waals surface area contributed by atoms with Gasteiger partial charge in [0.05, 0.1) is 33.3 Å². The van der Waals surface area contributed by atoms with E-state index >= 15 is 0 Å². The molecule has 4 aromatic rings. The number of fused-ring (bicyclic) bond motifs is 1. The average molecular weight is 462 g/mol. The third-order valence-corrected chi connectivity index (χ3v) is 4.94. The van der Waals surface area contributed by atoms with E-state index in [0.717, 1.165) is 0 Å². The zero-order chi connectivity index (χ0) is 23.4. The highest BCUT2D eigenvalue weighted by atomic mass is 35.5. The molecule has 0 radical (unpaired) electrons. The number of nitrogens with one attached hydrogen (secondary N) is 1. The lowest BCUT2D eigenvalue weighted by Crippen LogP contribution is -2.01. The highest BCUT2D eigenvalue weighted by Gasteiger charge is 2.20. The van der Waals surface area contributed by atoms with E-state index in [1.165, 1.54) is 18.3 Å². The predicted molar refractivity (Wildman–Crippen MR) is 123 cm³/mol. The van der Waals surface area contributed by atoms with E-state index in [1.807, 2.05) is 0 Å². The Balaban J connectivity index is 1.74. The molecule has 4 rings (SSSR count). The van der Waals surface area contributed by atoms with Gasteiger partial charge in [-0.2, -0.15) is 5.26 Å². The predicted octanol–water partition coefficient (Wildman–Crippen LogP) is 6.00. The number of aromatic nitrogens is 2. The fourth-order valence-electron chi connectivity index (χ4n) is 3.18. The molecule has 0 saturated carbocycles. The number of nitrogens with zero attached hydrogens (tertiary/aromatic N) is 4. The molecule has 2 aromatic carbocycles. The van der Waals surface area contributed by atoms with Crippen LogP contribution in [-0.2, 0) is 0 Å². The number of benzene rings is 2. The Bertz CT molecular complexity index is 1390. The Kier molecular flexibility index (Phi) is 6.20. The summed E-state index contributed by atoms with van der Waals surface area (Å²) in [5.74, 6) is 1.13. The van der Waals surface area contributed by atoms with Crippen LogP contribution in [0.5, 0.6) is 17.2 Å². The third-order valence-electron chi connectivity index (χ3n) is 4.64. The molecule has 0 unspecified atom stereocenters. The van der Waals surface area contributed by atoms with Gasteiger partial charge in [-0.15, -0.1) is 0 Å². The molecule has 0 aliphatic carbocycles. The maximum absolute atomic E-state index is 11.6. The molecule has 0 atom stereocenters. The summed E-state index contributed by atoms with van der Waals surface area (Å²) in [7, 11) is 0. The highest BCUT2D eigenvalue weighted by molar-refractivity contribution is 6.32. The van der Waals surface area contributed by atoms with Gasteiger partial charge in [0.15, 0.2) is 5.75 Å². The summed E-state index contributed by atoms with van der Waals surface area (Å²) < 4.78 is 11.2. The quantitative estimate of drug-likeness (QED) is 0.262. The van der Waals surface area contributed by atoms with Crippen LogP contribution in [-0.4, -0.2) is 21.5 Å². The summed E-state index contributed by atoms with van der Waals surface area (Å²) >= 11 is 6.40. The van der Waals surface area contributed by atoms with Crippen LogP contribution in [0.3, 0.4) is 0 Å². The van der Waals surface area contributed by atoms with Gasteiger partial charge in [-0.1, -0.05) is 11.6 Å². The lowest BCUT2D eigenvalue weighted by atomic mass is 10.1. The van der Waals surface area contributed by atoms with Crippen molar-refractivity contribution in [3.63, 3.8) is 0 Å². The number of rotatable bonds is 7. The van der Waals surface area contributed by atoms with Crippen molar-refractivity contribution in [2.45, 2.75) is 6.92 Å². The van der Waals surface area contributed by atoms with E-state index in [1.54, 1.807) is 49.6 Å². The molecule has 10 heteroatoms. The molecule has 0 amide bonds. The van der Waals surface area contributed by atoms with Crippen LogP contribution in [0.1, 0.15) is 12.5 Å². The van der Waals surface area contributed by atoms with E-state index < -0.39 is 4.92 Å². The van der Waals surface area contributed by atoms with Crippen molar-refractivity contribution in [1.82, 2.24) is 9.97 Å². The Hall–Kier alpha value is -4.42. The molecule has 0 bridgehead atoms. The van der Waals surface area contributed by atoms with E-state index in [-0.39, 0.29) is 23.6 Å². The monoisotopic (exact) mass is 461 g/mol. The minimum Gasteiger partial charge on any atom is -0.487 e. The Morgan fingerprint density at radius 1 is 1.18 bits per heavy atom. The standard InChI is InChI=1S/C23H16ClN5O4/c1-2-32-22-11-19-17(10-20(22)29(30)31)23(14(12-25)13-27-19)28-15-3-4-21(18(24)9-15)33-16-5-7-26-8-6-16/h3-11,13H,2H2,1H3,(H,27,28). The van der Waals surface area contributed by atoms with Crippen molar-refractivity contribution in [2.24, 2.45) is 0 Å². The smallest absolute Gasteiger partial charge is 0.311 e. The molecule has 2 aromatic heterocycles. The van der Waals surface area contributed by atoms with Crippen LogP contribution in [0.25, 0.3) is 10.9 Å². The molecule has 0 aliphatic rings. The lowest BCUT2D eigenvalue weighted by Gasteiger charge is -2.14. The second kappa shape index (κ2) is 9.38. The Labute approximate surface area is 193 Å². The van der Waals surface area contributed by atoms with Gasteiger partial charge >= 0.3 is 5.69 Å². The number of anilines is 2. The summed E-state index contributed by atoms with van der Waals surface area (Å²) in [6, 6.07) is 13.3. The largest absolute Gasteiger partial charge is 0.487 e. The first-order chi connectivity index (χ1) is 16.0. The van der Waals surface area contributed by atoms with Gasteiger partial charge in [0.25, 0.3) is 0 Å². The van der Waals surface area contributed by atoms with Crippen LogP contribution in [0.4, 0.5) is 17.1 Å². The van der Waals surface area contributed by atoms with Gasteiger partial charge in [0.2, 0.25) is 0 Å². The molecule has 33 heavy (non-hydrogen) atoms. The Morgan fingerprint density at radius 3 is 2.64 bits per heavy atom. The summed E-state index contributed by atoms with van der Waals surface area (Å²) in [5, 5.41) is 25.0. The first-order valence-electron chi connectivity index (χ1n) is 9.78. The summed E-state index contributed by atoms with van der Waals surface area (Å²) in [6.07, 6.45) is 4.61. The number of nitro groups is 1. The minimum absolute atomic E-state index is 0.110. The highest BCUT2D eigenvalue weighted by Crippen LogP contribution is 2.38. The van der Waals surface area contributed by atoms with Crippen molar-refractivity contribution >= 4 is 39.6 Å². The van der Waals surface area contributed by atoms with Crippen LogP contribution in [0.2, 0.25) is 5.02 Å². The molecule has 0 aliphatic heterocycles. The molecule has 9 nitrogen and oxygen atoms in total. The molecular weight excluding hydrogens is 446 g/mol. The molecule has 0 fully saturated rings. The van der Waals surface area contributed by atoms with Gasteiger partial charge in [-0.05, 0) is 37.3 Å². The number of ether oxygens (including phenoxy) is 2. The number of hydrogen-bond donors (Lipinski definition) is 1. The molecule has 0 saturated heterocycles. The van der Waals surface area contributed by atoms with Crippen molar-refractivity contribution in [3.05, 3.63) is 81.8 Å². The van der Waals surface area contributed by atoms with Crippen molar-refractivity contribution in [1.29, 1.82) is 5.26 Å². The second-order valence-corrected chi connectivity index (χ2v) is 7.15. The zero-order valence-electron chi connectivity index (χ0n) is 17.3. The van der Waals surface area contributed by atoms with Crippen molar-refractivity contribution < 1.29 is 14.4 Å². The molecule has 1 N–H and O–H groups in total. The molecule has 0 spiro atoms. The number of halogens is 1. The SMILES string of the molecule is CCOc1cc2ncc(C#N)c(Nc3ccc(Oc4ccncc4)c(Cl)c3)c2cc1[N+](=O)[O-]. The maximum Gasteiger partial charge on any atom is 0.311 e. The average Bonchev–Trinajstić information content (AvgIpc) is 2.81. The second-order valence-electron chi connectivity index (χ2n) is 6.74. The van der Waals surface area contributed by atoms with Gasteiger partial charge in [0, 0.05) is 41.8 Å². The summed E-state index contributed by atoms with van der Waals surface area (Å²) in [6.45, 7) is 2.00. The molecular formula is C23H16ClN5O4. The van der Waals surface area contributed by atoms with Gasteiger partial charge < -0.3 is 14.8 Å². The minimum atomic E-state index is -0.532. The van der Waals surface area contributed by atoms with E-state index in [9.17, 15) is 15.4 Å². The Morgan fingerprint density at radius 2 is 1.97 bits per heavy atom. The number of nitriles is 1. The van der Waals surface area contributed by atoms with E-state index in [0.29, 0.717) is 38.8 Å². The first kappa shape index (κ1) is 21.8. The maximum atomic E-state index is 11.6. The number of hydrogen-bond acceptors (Lipinski definition) is 8. The molecule has 2 heterocycles. The zero-order valence-corrected chi connectivity index (χ0v) is 18.0. The fraction of sp³-hybridized carbons (Fsp3) is 0.0870. The molecule has 164 valence electrons. The van der Waals surface area contributed by atoms with Crippen molar-refractivity contribution in [3.8, 4) is 23.3 Å². The number of nitro benzene ring substituents is 1. The van der Waals surface area contributed by atoms with E-state index in [2.05, 4.69) is 21.4 Å². The van der Waals surface area contributed by atoms with E-state index in [4.69, 9.17) is 21.1 Å². The van der Waals surface area contributed by atoms with Crippen LogP contribution >= 0.6 is 11.6 Å². The fourth-order valence-corrected chi connectivity index (χ4v) is 3.40. The van der Waals surface area contributed by atoms with Crippen LogP contribution in [0, 0.1) is 21.4 Å². The number of pyridine rings is 2. The topological polar surface area (TPSA) is 123 Å². The van der Waals surface area contributed by atoms with Gasteiger partial charge in [-0.25, -0.2) is 0 Å². The first-order valence-corrected chi connectivity index (χ1v) is 10.2. The summed E-state index contributed by atoms with van der Waals surface area (Å²) in [4.78, 5) is 19.2. The van der Waals surface area contributed by atoms with Crippen molar-refractivity contribution in [2.75, 3.05) is 11.9 Å². The van der Waals surface area contributed by atoms with Gasteiger partial charge in [-0.3, -0.25) is 20.1 Å². The normalized spacial score (nSPS) is 10.5. The van der Waals surface area contributed by atoms with Gasteiger partial charge in [0.1, 0.15) is 17.6 Å². The van der Waals surface area contributed by atoms with Crippen LogP contribution < -0.4 is 14.8 Å². The summed E-state index contributed by atoms with van der Waals surface area (Å²) in [5.41, 5.74) is 1.36. The van der Waals surface area contributed by atoms with Crippen LogP contribution in [0.15, 0.2) is 61.1 Å².